The lowest BCUT2D eigenvalue weighted by molar-refractivity contribution is -0.144. The first-order valence-electron chi connectivity index (χ1n) is 6.49. The van der Waals surface area contributed by atoms with E-state index in [0.717, 1.165) is 30.8 Å². The van der Waals surface area contributed by atoms with Gasteiger partial charge < -0.3 is 5.11 Å². The molecule has 100 valence electrons. The average molecular weight is 268 g/mol. The van der Waals surface area contributed by atoms with Crippen LogP contribution in [0.2, 0.25) is 0 Å². The summed E-state index contributed by atoms with van der Waals surface area (Å²) in [5, 5.41) is 10.3. The van der Waals surface area contributed by atoms with Crippen LogP contribution >= 0.6 is 11.3 Å². The maximum Gasteiger partial charge on any atom is 0.320 e. The number of piperidine rings is 1. The van der Waals surface area contributed by atoms with Crippen molar-refractivity contribution in [3.63, 3.8) is 0 Å². The smallest absolute Gasteiger partial charge is 0.320 e. The van der Waals surface area contributed by atoms with Crippen molar-refractivity contribution in [2.75, 3.05) is 6.54 Å². The maximum atomic E-state index is 11.2. The molecule has 0 aromatic carbocycles. The van der Waals surface area contributed by atoms with Gasteiger partial charge >= 0.3 is 5.97 Å². The molecule has 0 saturated carbocycles. The summed E-state index contributed by atoms with van der Waals surface area (Å²) in [4.78, 5) is 18.9. The first-order valence-corrected chi connectivity index (χ1v) is 7.31. The number of hydrogen-bond acceptors (Lipinski definition) is 4. The Labute approximate surface area is 112 Å². The first kappa shape index (κ1) is 13.5. The van der Waals surface area contributed by atoms with Gasteiger partial charge in [-0.3, -0.25) is 9.69 Å². The van der Waals surface area contributed by atoms with Gasteiger partial charge in [0.2, 0.25) is 0 Å². The van der Waals surface area contributed by atoms with Crippen molar-refractivity contribution in [1.29, 1.82) is 0 Å². The quantitative estimate of drug-likeness (QED) is 0.912. The summed E-state index contributed by atoms with van der Waals surface area (Å²) < 4.78 is 0. The molecule has 5 heteroatoms. The minimum atomic E-state index is -0.699. The van der Waals surface area contributed by atoms with E-state index < -0.39 is 5.97 Å². The number of likely N-dealkylation sites (tertiary alicyclic amines) is 1. The van der Waals surface area contributed by atoms with Crippen LogP contribution in [0.25, 0.3) is 0 Å². The summed E-state index contributed by atoms with van der Waals surface area (Å²) >= 11 is 1.70. The van der Waals surface area contributed by atoms with E-state index >= 15 is 0 Å². The average Bonchev–Trinajstić information content (AvgIpc) is 2.78. The summed E-state index contributed by atoms with van der Waals surface area (Å²) in [5.74, 6) is -0.205. The molecule has 1 unspecified atom stereocenters. The molecular weight excluding hydrogens is 248 g/mol. The second kappa shape index (κ2) is 5.80. The standard InChI is InChI=1S/C13H20N2O2S/c1-9(2)11-7-14-12(18-11)8-15-6-4-3-5-10(15)13(16)17/h7,9-10H,3-6,8H2,1-2H3,(H,16,17). The Morgan fingerprint density at radius 3 is 3.00 bits per heavy atom. The summed E-state index contributed by atoms with van der Waals surface area (Å²) in [6.07, 6.45) is 4.79. The highest BCUT2D eigenvalue weighted by molar-refractivity contribution is 7.11. The highest BCUT2D eigenvalue weighted by Gasteiger charge is 2.28. The lowest BCUT2D eigenvalue weighted by Gasteiger charge is -2.32. The van der Waals surface area contributed by atoms with Crippen molar-refractivity contribution in [2.24, 2.45) is 0 Å². The summed E-state index contributed by atoms with van der Waals surface area (Å²) in [6.45, 7) is 5.85. The molecule has 0 spiro atoms. The van der Waals surface area contributed by atoms with Crippen LogP contribution in [0.4, 0.5) is 0 Å². The summed E-state index contributed by atoms with van der Waals surface area (Å²) in [5.41, 5.74) is 0. The Balaban J connectivity index is 2.03. The molecule has 1 aromatic rings. The summed E-state index contributed by atoms with van der Waals surface area (Å²) in [6, 6.07) is -0.329. The topological polar surface area (TPSA) is 53.4 Å². The van der Waals surface area contributed by atoms with Crippen molar-refractivity contribution in [2.45, 2.75) is 51.6 Å². The van der Waals surface area contributed by atoms with Gasteiger partial charge in [-0.05, 0) is 25.3 Å². The van der Waals surface area contributed by atoms with Crippen LogP contribution in [0.3, 0.4) is 0 Å². The lowest BCUT2D eigenvalue weighted by Crippen LogP contribution is -2.43. The van der Waals surface area contributed by atoms with Crippen molar-refractivity contribution in [1.82, 2.24) is 9.88 Å². The van der Waals surface area contributed by atoms with Gasteiger partial charge in [0.1, 0.15) is 11.0 Å². The molecule has 1 saturated heterocycles. The SMILES string of the molecule is CC(C)c1cnc(CN2CCCCC2C(=O)O)s1. The Bertz CT molecular complexity index is 417. The van der Waals surface area contributed by atoms with E-state index in [-0.39, 0.29) is 6.04 Å². The molecule has 0 aliphatic carbocycles. The zero-order valence-corrected chi connectivity index (χ0v) is 11.7. The zero-order chi connectivity index (χ0) is 13.1. The largest absolute Gasteiger partial charge is 0.480 e. The zero-order valence-electron chi connectivity index (χ0n) is 10.9. The number of hydrogen-bond donors (Lipinski definition) is 1. The predicted octanol–water partition coefficient (Wildman–Crippen LogP) is 2.71. The molecule has 1 aliphatic heterocycles. The number of rotatable bonds is 4. The molecule has 0 amide bonds. The van der Waals surface area contributed by atoms with E-state index in [1.807, 2.05) is 6.20 Å². The first-order chi connectivity index (χ1) is 8.58. The van der Waals surface area contributed by atoms with E-state index in [2.05, 4.69) is 23.7 Å². The van der Waals surface area contributed by atoms with Crippen LogP contribution in [-0.4, -0.2) is 33.5 Å². The Morgan fingerprint density at radius 2 is 2.39 bits per heavy atom. The fraction of sp³-hybridized carbons (Fsp3) is 0.692. The van der Waals surface area contributed by atoms with Crippen molar-refractivity contribution in [3.05, 3.63) is 16.1 Å². The van der Waals surface area contributed by atoms with Crippen molar-refractivity contribution < 1.29 is 9.90 Å². The van der Waals surface area contributed by atoms with Crippen molar-refractivity contribution in [3.8, 4) is 0 Å². The summed E-state index contributed by atoms with van der Waals surface area (Å²) in [7, 11) is 0. The van der Waals surface area contributed by atoms with Gasteiger partial charge in [-0.15, -0.1) is 11.3 Å². The van der Waals surface area contributed by atoms with E-state index in [0.29, 0.717) is 12.5 Å². The van der Waals surface area contributed by atoms with Gasteiger partial charge in [-0.1, -0.05) is 20.3 Å². The molecule has 1 fully saturated rings. The highest BCUT2D eigenvalue weighted by atomic mass is 32.1. The number of thiazole rings is 1. The molecule has 1 atom stereocenters. The molecule has 1 aromatic heterocycles. The minimum absolute atomic E-state index is 0.329. The molecule has 2 rings (SSSR count). The van der Waals surface area contributed by atoms with Crippen LogP contribution in [0.5, 0.6) is 0 Å². The predicted molar refractivity (Wildman–Crippen MR) is 71.9 cm³/mol. The van der Waals surface area contributed by atoms with Crippen LogP contribution < -0.4 is 0 Å². The van der Waals surface area contributed by atoms with Crippen LogP contribution in [0, 0.1) is 0 Å². The molecule has 18 heavy (non-hydrogen) atoms. The van der Waals surface area contributed by atoms with Crippen LogP contribution in [-0.2, 0) is 11.3 Å². The Morgan fingerprint density at radius 1 is 1.61 bits per heavy atom. The second-order valence-corrected chi connectivity index (χ2v) is 6.28. The highest BCUT2D eigenvalue weighted by Crippen LogP contribution is 2.25. The number of carbonyl (C=O) groups is 1. The van der Waals surface area contributed by atoms with Crippen LogP contribution in [0.1, 0.15) is 48.9 Å². The van der Waals surface area contributed by atoms with Gasteiger partial charge in [0.15, 0.2) is 0 Å². The van der Waals surface area contributed by atoms with E-state index in [1.165, 1.54) is 4.88 Å². The Hall–Kier alpha value is -0.940. The molecule has 2 heterocycles. The van der Waals surface area contributed by atoms with E-state index in [9.17, 15) is 9.90 Å². The van der Waals surface area contributed by atoms with Crippen molar-refractivity contribution >= 4 is 17.3 Å². The van der Waals surface area contributed by atoms with E-state index in [4.69, 9.17) is 0 Å². The number of carboxylic acid groups (broad SMARTS) is 1. The van der Waals surface area contributed by atoms with Gasteiger partial charge in [0.05, 0.1) is 6.54 Å². The molecule has 0 radical (unpaired) electrons. The van der Waals surface area contributed by atoms with Crippen LogP contribution in [0.15, 0.2) is 6.20 Å². The third-order valence-electron chi connectivity index (χ3n) is 3.38. The molecular formula is C13H20N2O2S. The molecule has 1 aliphatic rings. The van der Waals surface area contributed by atoms with E-state index in [1.54, 1.807) is 11.3 Å². The minimum Gasteiger partial charge on any atom is -0.480 e. The van der Waals surface area contributed by atoms with Gasteiger partial charge in [0.25, 0.3) is 0 Å². The second-order valence-electron chi connectivity index (χ2n) is 5.13. The third-order valence-corrected chi connectivity index (χ3v) is 4.66. The molecule has 0 bridgehead atoms. The number of aromatic nitrogens is 1. The number of aliphatic carboxylic acids is 1. The lowest BCUT2D eigenvalue weighted by atomic mass is 10.0. The Kier molecular flexibility index (Phi) is 4.35. The monoisotopic (exact) mass is 268 g/mol. The number of nitrogens with zero attached hydrogens (tertiary/aromatic N) is 2. The fourth-order valence-corrected chi connectivity index (χ4v) is 3.25. The number of carboxylic acids is 1. The van der Waals surface area contributed by atoms with Gasteiger partial charge in [0, 0.05) is 11.1 Å². The maximum absolute atomic E-state index is 11.2. The normalized spacial score (nSPS) is 21.4. The molecule has 1 N–H and O–H groups in total. The van der Waals surface area contributed by atoms with Gasteiger partial charge in [-0.25, -0.2) is 4.98 Å². The third kappa shape index (κ3) is 3.09. The fourth-order valence-electron chi connectivity index (χ4n) is 2.30. The van der Waals surface area contributed by atoms with Gasteiger partial charge in [-0.2, -0.15) is 0 Å². The molecule has 4 nitrogen and oxygen atoms in total.